The molecule has 0 fully saturated rings. The van der Waals surface area contributed by atoms with Gasteiger partial charge in [-0.3, -0.25) is 9.59 Å². The number of carbonyl (C=O) groups excluding carboxylic acids is 1. The molecule has 7 nitrogen and oxygen atoms in total. The number of H-pyrrole nitrogens is 1. The van der Waals surface area contributed by atoms with Crippen molar-refractivity contribution in [3.63, 3.8) is 0 Å². The fourth-order valence-electron chi connectivity index (χ4n) is 5.08. The first-order chi connectivity index (χ1) is 18.3. The molecule has 1 N–H and O–H groups in total. The van der Waals surface area contributed by atoms with E-state index in [2.05, 4.69) is 9.88 Å². The van der Waals surface area contributed by atoms with Gasteiger partial charge in [0.15, 0.2) is 5.78 Å². The molecule has 206 valence electrons. The summed E-state index contributed by atoms with van der Waals surface area (Å²) in [6.07, 6.45) is 2.04. The van der Waals surface area contributed by atoms with Gasteiger partial charge in [0, 0.05) is 41.4 Å². The fourth-order valence-corrected chi connectivity index (χ4v) is 6.26. The van der Waals surface area contributed by atoms with Crippen LogP contribution in [0, 0.1) is 20.8 Å². The number of nitrogens with zero attached hydrogens (tertiary/aromatic N) is 2. The summed E-state index contributed by atoms with van der Waals surface area (Å²) >= 11 is 0. The maximum Gasteiger partial charge on any atom is 0.251 e. The Hall–Kier alpha value is -3.49. The van der Waals surface area contributed by atoms with Gasteiger partial charge in [0.25, 0.3) is 5.56 Å². The number of hydrogen-bond donors (Lipinski definition) is 1. The summed E-state index contributed by atoms with van der Waals surface area (Å²) in [5.41, 5.74) is 6.54. The van der Waals surface area contributed by atoms with E-state index >= 15 is 0 Å². The van der Waals surface area contributed by atoms with Crippen LogP contribution in [-0.4, -0.2) is 47.4 Å². The van der Waals surface area contributed by atoms with Gasteiger partial charge in [0.1, 0.15) is 0 Å². The van der Waals surface area contributed by atoms with Crippen molar-refractivity contribution >= 4 is 26.7 Å². The first-order valence-corrected chi connectivity index (χ1v) is 14.7. The second-order valence-electron chi connectivity index (χ2n) is 10.9. The van der Waals surface area contributed by atoms with E-state index in [4.69, 9.17) is 0 Å². The lowest BCUT2D eigenvalue weighted by Crippen LogP contribution is -2.21. The van der Waals surface area contributed by atoms with E-state index in [1.54, 1.807) is 20.0 Å². The van der Waals surface area contributed by atoms with E-state index in [0.29, 0.717) is 28.5 Å². The van der Waals surface area contributed by atoms with E-state index in [-0.39, 0.29) is 17.8 Å². The number of nitrogens with one attached hydrogen (secondary N) is 1. The minimum atomic E-state index is -3.66. The van der Waals surface area contributed by atoms with Gasteiger partial charge in [-0.05, 0) is 101 Å². The maximum atomic E-state index is 13.7. The van der Waals surface area contributed by atoms with Crippen LogP contribution in [-0.2, 0) is 23.0 Å². The van der Waals surface area contributed by atoms with Crippen molar-refractivity contribution in [2.24, 2.45) is 0 Å². The largest absolute Gasteiger partial charge is 0.326 e. The van der Waals surface area contributed by atoms with E-state index in [1.165, 1.54) is 3.97 Å². The van der Waals surface area contributed by atoms with E-state index in [1.807, 2.05) is 77.3 Å². The van der Waals surface area contributed by atoms with Crippen molar-refractivity contribution in [3.05, 3.63) is 92.5 Å². The summed E-state index contributed by atoms with van der Waals surface area (Å²) in [6.45, 7) is 9.64. The standard InChI is InChI=1S/C31H37N3O4S/c1-19(2)39(37,38)34-17-21(4)30-27(29(35)13-12-26-20(3)14-22(5)32-31(26)36)15-25(16-28(30)34)24-10-8-23(9-11-24)18-33(6)7/h8-11,14-17,19H,12-13,18H2,1-7H3,(H,32,36). The molecule has 0 saturated heterocycles. The molecular formula is C31H37N3O4S. The molecule has 4 rings (SSSR count). The average Bonchev–Trinajstić information content (AvgIpc) is 3.19. The Labute approximate surface area is 230 Å². The third kappa shape index (κ3) is 5.77. The molecule has 8 heteroatoms. The molecule has 4 aromatic rings. The van der Waals surface area contributed by atoms with Crippen molar-refractivity contribution < 1.29 is 13.2 Å². The normalized spacial score (nSPS) is 12.1. The molecule has 0 spiro atoms. The van der Waals surface area contributed by atoms with Crippen molar-refractivity contribution in [1.29, 1.82) is 0 Å². The Morgan fingerprint density at radius 1 is 0.974 bits per heavy atom. The number of rotatable bonds is 9. The predicted octanol–water partition coefficient (Wildman–Crippen LogP) is 5.39. The minimum absolute atomic E-state index is 0.131. The zero-order valence-electron chi connectivity index (χ0n) is 23.8. The number of benzene rings is 2. The number of carbonyl (C=O) groups is 1. The first kappa shape index (κ1) is 28.5. The molecule has 0 radical (unpaired) electrons. The van der Waals surface area contributed by atoms with Crippen molar-refractivity contribution in [1.82, 2.24) is 13.9 Å². The van der Waals surface area contributed by atoms with Crippen LogP contribution in [0.1, 0.15) is 58.6 Å². The highest BCUT2D eigenvalue weighted by molar-refractivity contribution is 7.90. The maximum absolute atomic E-state index is 13.7. The number of aromatic amines is 1. The number of pyridine rings is 1. The highest BCUT2D eigenvalue weighted by Gasteiger charge is 2.25. The average molecular weight is 548 g/mol. The highest BCUT2D eigenvalue weighted by atomic mass is 32.2. The first-order valence-electron chi connectivity index (χ1n) is 13.2. The second-order valence-corrected chi connectivity index (χ2v) is 13.3. The molecule has 0 amide bonds. The third-order valence-corrected chi connectivity index (χ3v) is 9.15. The van der Waals surface area contributed by atoms with Crippen LogP contribution >= 0.6 is 0 Å². The van der Waals surface area contributed by atoms with Crippen molar-refractivity contribution in [3.8, 4) is 11.1 Å². The van der Waals surface area contributed by atoms with Gasteiger partial charge in [0.2, 0.25) is 10.0 Å². The summed E-state index contributed by atoms with van der Waals surface area (Å²) < 4.78 is 27.9. The molecule has 39 heavy (non-hydrogen) atoms. The quantitative estimate of drug-likeness (QED) is 0.284. The Morgan fingerprint density at radius 2 is 1.64 bits per heavy atom. The van der Waals surface area contributed by atoms with Gasteiger partial charge in [-0.2, -0.15) is 0 Å². The van der Waals surface area contributed by atoms with Crippen LogP contribution in [0.25, 0.3) is 22.0 Å². The number of aryl methyl sites for hydroxylation is 3. The lowest BCUT2D eigenvalue weighted by Gasteiger charge is -2.14. The van der Waals surface area contributed by atoms with Crippen LogP contribution in [0.3, 0.4) is 0 Å². The summed E-state index contributed by atoms with van der Waals surface area (Å²) in [7, 11) is 0.362. The Bertz CT molecular complexity index is 1710. The topological polar surface area (TPSA) is 92.2 Å². The van der Waals surface area contributed by atoms with Crippen LogP contribution < -0.4 is 5.56 Å². The molecule has 0 aliphatic carbocycles. The summed E-state index contributed by atoms with van der Waals surface area (Å²) in [4.78, 5) is 31.2. The molecule has 2 aromatic carbocycles. The lowest BCUT2D eigenvalue weighted by molar-refractivity contribution is 0.0984. The van der Waals surface area contributed by atoms with Crippen molar-refractivity contribution in [2.75, 3.05) is 14.1 Å². The molecule has 0 aliphatic heterocycles. The summed E-state index contributed by atoms with van der Waals surface area (Å²) in [5.74, 6) is -0.131. The van der Waals surface area contributed by atoms with Gasteiger partial charge in [-0.15, -0.1) is 0 Å². The summed E-state index contributed by atoms with van der Waals surface area (Å²) in [5, 5.41) is 0.00334. The van der Waals surface area contributed by atoms with Gasteiger partial charge < -0.3 is 9.88 Å². The number of fused-ring (bicyclic) bond motifs is 1. The lowest BCUT2D eigenvalue weighted by atomic mass is 9.93. The molecule has 0 atom stereocenters. The van der Waals surface area contributed by atoms with Crippen LogP contribution in [0.4, 0.5) is 0 Å². The predicted molar refractivity (Wildman–Crippen MR) is 158 cm³/mol. The molecule has 0 aliphatic rings. The van der Waals surface area contributed by atoms with Crippen LogP contribution in [0.2, 0.25) is 0 Å². The van der Waals surface area contributed by atoms with Gasteiger partial charge in [-0.1, -0.05) is 24.3 Å². The van der Waals surface area contributed by atoms with Gasteiger partial charge in [-0.25, -0.2) is 12.4 Å². The highest BCUT2D eigenvalue weighted by Crippen LogP contribution is 2.34. The Balaban J connectivity index is 1.85. The van der Waals surface area contributed by atoms with Gasteiger partial charge in [0.05, 0.1) is 10.8 Å². The molecular weight excluding hydrogens is 510 g/mol. The van der Waals surface area contributed by atoms with E-state index in [9.17, 15) is 18.0 Å². The van der Waals surface area contributed by atoms with E-state index in [0.717, 1.165) is 40.1 Å². The molecule has 2 heterocycles. The fraction of sp³-hybridized carbons (Fsp3) is 0.355. The zero-order chi connectivity index (χ0) is 28.6. The Morgan fingerprint density at radius 3 is 2.23 bits per heavy atom. The molecule has 2 aromatic heterocycles. The monoisotopic (exact) mass is 547 g/mol. The van der Waals surface area contributed by atoms with Crippen LogP contribution in [0.15, 0.2) is 53.5 Å². The molecule has 0 bridgehead atoms. The van der Waals surface area contributed by atoms with Crippen LogP contribution in [0.5, 0.6) is 0 Å². The zero-order valence-corrected chi connectivity index (χ0v) is 24.6. The number of hydrogen-bond acceptors (Lipinski definition) is 5. The SMILES string of the molecule is Cc1cc(C)c(CCC(=O)c2cc(-c3ccc(CN(C)C)cc3)cc3c2c(C)cn3S(=O)(=O)C(C)C)c(=O)[nH]1. The second kappa shape index (κ2) is 10.9. The number of ketones is 1. The molecule has 0 saturated carbocycles. The number of aromatic nitrogens is 2. The Kier molecular flexibility index (Phi) is 8.00. The number of Topliss-reactive ketones (excluding diaryl/α,β-unsaturated/α-hetero) is 1. The van der Waals surface area contributed by atoms with E-state index < -0.39 is 15.3 Å². The smallest absolute Gasteiger partial charge is 0.251 e. The minimum Gasteiger partial charge on any atom is -0.326 e. The summed E-state index contributed by atoms with van der Waals surface area (Å²) in [6, 6.07) is 13.7. The molecule has 0 unspecified atom stereocenters. The van der Waals surface area contributed by atoms with Gasteiger partial charge >= 0.3 is 0 Å². The third-order valence-electron chi connectivity index (χ3n) is 7.11. The van der Waals surface area contributed by atoms with Crippen molar-refractivity contribution in [2.45, 2.75) is 59.3 Å².